The Morgan fingerprint density at radius 2 is 1.92 bits per heavy atom. The lowest BCUT2D eigenvalue weighted by molar-refractivity contribution is 0.103. The number of carbonyl (C=O) groups excluding carboxylic acids is 1. The van der Waals surface area contributed by atoms with Gasteiger partial charge in [0.05, 0.1) is 10.6 Å². The van der Waals surface area contributed by atoms with Crippen molar-refractivity contribution in [1.82, 2.24) is 14.9 Å². The lowest BCUT2D eigenvalue weighted by atomic mass is 9.96. The Bertz CT molecular complexity index is 1180. The van der Waals surface area contributed by atoms with E-state index in [1.54, 1.807) is 19.9 Å². The molecule has 2 heterocycles. The number of benzene rings is 1. The number of ketones is 1. The second kappa shape index (κ2) is 6.10. The van der Waals surface area contributed by atoms with Crippen molar-refractivity contribution in [1.29, 1.82) is 0 Å². The molecule has 3 rings (SSSR count). The summed E-state index contributed by atoms with van der Waals surface area (Å²) >= 11 is 0. The van der Waals surface area contributed by atoms with Gasteiger partial charge >= 0.3 is 0 Å². The minimum atomic E-state index is -3.57. The number of aromatic amines is 1. The van der Waals surface area contributed by atoms with Crippen molar-refractivity contribution in [2.24, 2.45) is 7.05 Å². The number of nitrogens with one attached hydrogen (secondary N) is 1. The van der Waals surface area contributed by atoms with Crippen LogP contribution >= 0.6 is 0 Å². The Kier molecular flexibility index (Phi) is 4.19. The van der Waals surface area contributed by atoms with Gasteiger partial charge in [-0.25, -0.2) is 8.42 Å². The Balaban J connectivity index is 2.26. The van der Waals surface area contributed by atoms with Crippen LogP contribution in [0.4, 0.5) is 0 Å². The molecule has 0 atom stereocenters. The van der Waals surface area contributed by atoms with E-state index in [0.29, 0.717) is 11.3 Å². The summed E-state index contributed by atoms with van der Waals surface area (Å²) in [6.45, 7) is 3.35. The fourth-order valence-electron chi connectivity index (χ4n) is 2.78. The molecule has 0 aliphatic heterocycles. The Morgan fingerprint density at radius 1 is 1.23 bits per heavy atom. The summed E-state index contributed by atoms with van der Waals surface area (Å²) in [6.07, 6.45) is 1.09. The highest BCUT2D eigenvalue weighted by Crippen LogP contribution is 2.33. The van der Waals surface area contributed by atoms with Crippen LogP contribution in [0.25, 0.3) is 11.3 Å². The highest BCUT2D eigenvalue weighted by Gasteiger charge is 2.25. The lowest BCUT2D eigenvalue weighted by Crippen LogP contribution is -2.10. The molecule has 0 amide bonds. The van der Waals surface area contributed by atoms with Gasteiger partial charge in [-0.15, -0.1) is 0 Å². The Hall–Kier alpha value is -2.94. The van der Waals surface area contributed by atoms with E-state index in [0.717, 1.165) is 6.26 Å². The third kappa shape index (κ3) is 3.01. The summed E-state index contributed by atoms with van der Waals surface area (Å²) in [4.78, 5) is 24.5. The van der Waals surface area contributed by atoms with Gasteiger partial charge < -0.3 is 4.52 Å². The van der Waals surface area contributed by atoms with Crippen LogP contribution in [0.15, 0.2) is 38.5 Å². The van der Waals surface area contributed by atoms with E-state index in [2.05, 4.69) is 10.3 Å². The maximum atomic E-state index is 12.8. The van der Waals surface area contributed by atoms with Crippen LogP contribution in [0.5, 0.6) is 0 Å². The molecule has 9 heteroatoms. The van der Waals surface area contributed by atoms with E-state index in [9.17, 15) is 18.0 Å². The lowest BCUT2D eigenvalue weighted by Gasteiger charge is -2.12. The summed E-state index contributed by atoms with van der Waals surface area (Å²) in [6, 6.07) is 5.61. The molecule has 0 aliphatic carbocycles. The topological polar surface area (TPSA) is 115 Å². The standard InChI is InChI=1S/C17H17N3O5S/c1-9-7-13(25-19-9)16-10(2)11(5-6-14(16)26(4,23)24)17(22)12-8-15(21)20(3)18-12/h5-8,18H,1-4H3. The summed E-state index contributed by atoms with van der Waals surface area (Å²) in [5.74, 6) is -0.158. The monoisotopic (exact) mass is 375 g/mol. The van der Waals surface area contributed by atoms with Crippen molar-refractivity contribution >= 4 is 15.6 Å². The number of aryl methyl sites for hydroxylation is 2. The first kappa shape index (κ1) is 17.9. The second-order valence-electron chi connectivity index (χ2n) is 6.11. The molecule has 0 bridgehead atoms. The average molecular weight is 375 g/mol. The molecule has 2 aromatic heterocycles. The Morgan fingerprint density at radius 3 is 2.42 bits per heavy atom. The molecule has 26 heavy (non-hydrogen) atoms. The minimum absolute atomic E-state index is 0.0456. The molecular weight excluding hydrogens is 358 g/mol. The van der Waals surface area contributed by atoms with Gasteiger partial charge in [-0.1, -0.05) is 5.16 Å². The Labute approximate surface area is 149 Å². The van der Waals surface area contributed by atoms with E-state index in [4.69, 9.17) is 4.52 Å². The largest absolute Gasteiger partial charge is 0.356 e. The zero-order valence-electron chi connectivity index (χ0n) is 14.7. The zero-order valence-corrected chi connectivity index (χ0v) is 15.5. The smallest absolute Gasteiger partial charge is 0.266 e. The molecule has 3 aromatic rings. The van der Waals surface area contributed by atoms with Gasteiger partial charge in [0.2, 0.25) is 5.78 Å². The quantitative estimate of drug-likeness (QED) is 0.693. The van der Waals surface area contributed by atoms with Crippen molar-refractivity contribution in [3.63, 3.8) is 0 Å². The summed E-state index contributed by atoms with van der Waals surface area (Å²) in [7, 11) is -2.06. The molecule has 8 nitrogen and oxygen atoms in total. The SMILES string of the molecule is Cc1cc(-c2c(S(C)(=O)=O)ccc(C(=O)c3cc(=O)n(C)[nH]3)c2C)on1. The highest BCUT2D eigenvalue weighted by molar-refractivity contribution is 7.90. The normalized spacial score (nSPS) is 11.7. The predicted molar refractivity (Wildman–Crippen MR) is 94.0 cm³/mol. The zero-order chi connectivity index (χ0) is 19.2. The van der Waals surface area contributed by atoms with Crippen LogP contribution in [-0.2, 0) is 16.9 Å². The van der Waals surface area contributed by atoms with Crippen molar-refractivity contribution in [3.8, 4) is 11.3 Å². The van der Waals surface area contributed by atoms with Gasteiger partial charge in [0.15, 0.2) is 15.6 Å². The number of sulfone groups is 1. The number of nitrogens with zero attached hydrogens (tertiary/aromatic N) is 2. The number of carbonyl (C=O) groups is 1. The maximum absolute atomic E-state index is 12.8. The number of aromatic nitrogens is 3. The van der Waals surface area contributed by atoms with Crippen molar-refractivity contribution in [2.45, 2.75) is 18.7 Å². The van der Waals surface area contributed by atoms with Crippen LogP contribution in [0, 0.1) is 13.8 Å². The third-order valence-electron chi connectivity index (χ3n) is 4.08. The number of H-pyrrole nitrogens is 1. The summed E-state index contributed by atoms with van der Waals surface area (Å²) in [5, 5.41) is 6.48. The fourth-order valence-corrected chi connectivity index (χ4v) is 3.72. The number of hydrogen-bond donors (Lipinski definition) is 1. The van der Waals surface area contributed by atoms with Gasteiger partial charge in [-0.2, -0.15) is 0 Å². The van der Waals surface area contributed by atoms with Crippen LogP contribution in [0.1, 0.15) is 27.3 Å². The first-order valence-corrected chi connectivity index (χ1v) is 9.57. The maximum Gasteiger partial charge on any atom is 0.266 e. The number of rotatable bonds is 4. The van der Waals surface area contributed by atoms with Gasteiger partial charge in [-0.05, 0) is 31.5 Å². The minimum Gasteiger partial charge on any atom is -0.356 e. The van der Waals surface area contributed by atoms with Gasteiger partial charge in [0.25, 0.3) is 5.56 Å². The molecular formula is C17H17N3O5S. The molecule has 1 aromatic carbocycles. The average Bonchev–Trinajstić information content (AvgIpc) is 3.11. The fraction of sp³-hybridized carbons (Fsp3) is 0.235. The first-order chi connectivity index (χ1) is 12.1. The number of hydrogen-bond acceptors (Lipinski definition) is 6. The highest BCUT2D eigenvalue weighted by atomic mass is 32.2. The molecule has 0 saturated carbocycles. The van der Waals surface area contributed by atoms with Gasteiger partial charge in [0.1, 0.15) is 5.69 Å². The van der Waals surface area contributed by atoms with Crippen LogP contribution in [0.2, 0.25) is 0 Å². The molecule has 0 unspecified atom stereocenters. The van der Waals surface area contributed by atoms with E-state index in [1.807, 2.05) is 0 Å². The van der Waals surface area contributed by atoms with Gasteiger partial charge in [-0.3, -0.25) is 19.4 Å². The molecule has 0 spiro atoms. The van der Waals surface area contributed by atoms with Crippen molar-refractivity contribution in [2.75, 3.05) is 6.26 Å². The van der Waals surface area contributed by atoms with Crippen molar-refractivity contribution in [3.05, 3.63) is 57.1 Å². The second-order valence-corrected chi connectivity index (χ2v) is 8.10. The van der Waals surface area contributed by atoms with Crippen LogP contribution in [0.3, 0.4) is 0 Å². The third-order valence-corrected chi connectivity index (χ3v) is 5.22. The first-order valence-electron chi connectivity index (χ1n) is 7.67. The van der Waals surface area contributed by atoms with Crippen LogP contribution < -0.4 is 5.56 Å². The van der Waals surface area contributed by atoms with Gasteiger partial charge in [0, 0.05) is 36.6 Å². The molecule has 0 aliphatic rings. The molecule has 0 fully saturated rings. The molecule has 1 N–H and O–H groups in total. The molecule has 0 radical (unpaired) electrons. The van der Waals surface area contributed by atoms with E-state index in [1.165, 1.54) is 29.9 Å². The van der Waals surface area contributed by atoms with E-state index in [-0.39, 0.29) is 33.0 Å². The van der Waals surface area contributed by atoms with E-state index >= 15 is 0 Å². The predicted octanol–water partition coefficient (Wildman–Crippen LogP) is 1.62. The van der Waals surface area contributed by atoms with Crippen LogP contribution in [-0.4, -0.2) is 35.4 Å². The van der Waals surface area contributed by atoms with E-state index < -0.39 is 15.6 Å². The summed E-state index contributed by atoms with van der Waals surface area (Å²) < 4.78 is 30.8. The molecule has 136 valence electrons. The summed E-state index contributed by atoms with van der Waals surface area (Å²) in [5.41, 5.74) is 1.35. The van der Waals surface area contributed by atoms with Crippen molar-refractivity contribution < 1.29 is 17.7 Å². The molecule has 0 saturated heterocycles.